The summed E-state index contributed by atoms with van der Waals surface area (Å²) in [6.45, 7) is 5.14. The van der Waals surface area contributed by atoms with Crippen molar-refractivity contribution in [2.75, 3.05) is 24.3 Å². The molecule has 27 heavy (non-hydrogen) atoms. The third-order valence-corrected chi connectivity index (χ3v) is 4.41. The molecule has 0 unspecified atom stereocenters. The molecular formula is C22H26N4O. The third kappa shape index (κ3) is 5.20. The van der Waals surface area contributed by atoms with Gasteiger partial charge in [0.1, 0.15) is 23.7 Å². The Morgan fingerprint density at radius 1 is 0.963 bits per heavy atom. The van der Waals surface area contributed by atoms with Crippen LogP contribution in [0.15, 0.2) is 60.9 Å². The SMILES string of the molecule is COc1ccccc1CCNc1cc(Nc2ccc(C(C)C)cc2)ncn1. The highest BCUT2D eigenvalue weighted by Gasteiger charge is 2.04. The molecule has 0 saturated carbocycles. The summed E-state index contributed by atoms with van der Waals surface area (Å²) in [5, 5.41) is 6.67. The Labute approximate surface area is 160 Å². The zero-order valence-electron chi connectivity index (χ0n) is 16.1. The van der Waals surface area contributed by atoms with Gasteiger partial charge in [-0.15, -0.1) is 0 Å². The average Bonchev–Trinajstić information content (AvgIpc) is 2.69. The van der Waals surface area contributed by atoms with Crippen molar-refractivity contribution in [3.8, 4) is 5.75 Å². The van der Waals surface area contributed by atoms with Crippen LogP contribution in [-0.4, -0.2) is 23.6 Å². The van der Waals surface area contributed by atoms with Gasteiger partial charge >= 0.3 is 0 Å². The van der Waals surface area contributed by atoms with E-state index in [1.807, 2.05) is 24.3 Å². The molecule has 0 bridgehead atoms. The summed E-state index contributed by atoms with van der Waals surface area (Å²) in [6.07, 6.45) is 2.42. The molecule has 3 rings (SSSR count). The molecule has 3 aromatic rings. The average molecular weight is 362 g/mol. The van der Waals surface area contributed by atoms with Gasteiger partial charge in [-0.05, 0) is 41.7 Å². The first-order valence-corrected chi connectivity index (χ1v) is 9.20. The number of benzene rings is 2. The summed E-state index contributed by atoms with van der Waals surface area (Å²) < 4.78 is 5.39. The summed E-state index contributed by atoms with van der Waals surface area (Å²) in [5.41, 5.74) is 3.50. The molecule has 0 radical (unpaired) electrons. The van der Waals surface area contributed by atoms with Gasteiger partial charge in [0.05, 0.1) is 7.11 Å². The number of aromatic nitrogens is 2. The number of hydrogen-bond acceptors (Lipinski definition) is 5. The minimum atomic E-state index is 0.525. The number of anilines is 3. The van der Waals surface area contributed by atoms with Gasteiger partial charge in [0.15, 0.2) is 0 Å². The number of rotatable bonds is 8. The Balaban J connectivity index is 1.58. The van der Waals surface area contributed by atoms with Crippen LogP contribution < -0.4 is 15.4 Å². The number of methoxy groups -OCH3 is 1. The third-order valence-electron chi connectivity index (χ3n) is 4.41. The van der Waals surface area contributed by atoms with Crippen molar-refractivity contribution >= 4 is 17.3 Å². The lowest BCUT2D eigenvalue weighted by Gasteiger charge is -2.11. The van der Waals surface area contributed by atoms with Crippen molar-refractivity contribution in [3.05, 3.63) is 72.1 Å². The standard InChI is InChI=1S/C22H26N4O/c1-16(2)17-8-10-19(11-9-17)26-22-14-21(24-15-25-22)23-13-12-18-6-4-5-7-20(18)27-3/h4-11,14-16H,12-13H2,1-3H3,(H2,23,24,25,26). The number of ether oxygens (including phenoxy) is 1. The Morgan fingerprint density at radius 3 is 2.44 bits per heavy atom. The normalized spacial score (nSPS) is 10.7. The van der Waals surface area contributed by atoms with Crippen LogP contribution in [0.5, 0.6) is 5.75 Å². The molecule has 0 fully saturated rings. The van der Waals surface area contributed by atoms with E-state index in [-0.39, 0.29) is 0 Å². The van der Waals surface area contributed by atoms with Crippen LogP contribution in [-0.2, 0) is 6.42 Å². The monoisotopic (exact) mass is 362 g/mol. The lowest BCUT2D eigenvalue weighted by atomic mass is 10.0. The van der Waals surface area contributed by atoms with Crippen LogP contribution in [0.1, 0.15) is 30.9 Å². The van der Waals surface area contributed by atoms with E-state index in [4.69, 9.17) is 4.74 Å². The summed E-state index contributed by atoms with van der Waals surface area (Å²) in [7, 11) is 1.70. The highest BCUT2D eigenvalue weighted by atomic mass is 16.5. The topological polar surface area (TPSA) is 59.1 Å². The molecule has 0 aliphatic carbocycles. The number of nitrogens with one attached hydrogen (secondary N) is 2. The van der Waals surface area contributed by atoms with Crippen molar-refractivity contribution in [1.82, 2.24) is 9.97 Å². The molecule has 0 saturated heterocycles. The van der Waals surface area contributed by atoms with Gasteiger partial charge in [-0.25, -0.2) is 9.97 Å². The van der Waals surface area contributed by atoms with Crippen LogP contribution in [0.4, 0.5) is 17.3 Å². The maximum Gasteiger partial charge on any atom is 0.135 e. The van der Waals surface area contributed by atoms with E-state index in [9.17, 15) is 0 Å². The van der Waals surface area contributed by atoms with Crippen LogP contribution in [0.25, 0.3) is 0 Å². The van der Waals surface area contributed by atoms with E-state index in [0.717, 1.165) is 36.0 Å². The lowest BCUT2D eigenvalue weighted by Crippen LogP contribution is -2.08. The predicted molar refractivity (Wildman–Crippen MR) is 111 cm³/mol. The second-order valence-corrected chi connectivity index (χ2v) is 6.68. The van der Waals surface area contributed by atoms with Gasteiger partial charge in [0, 0.05) is 18.3 Å². The van der Waals surface area contributed by atoms with E-state index in [2.05, 4.69) is 64.8 Å². The van der Waals surface area contributed by atoms with Gasteiger partial charge in [-0.3, -0.25) is 0 Å². The summed E-state index contributed by atoms with van der Waals surface area (Å²) in [6, 6.07) is 18.4. The summed E-state index contributed by atoms with van der Waals surface area (Å²) in [5.74, 6) is 3.00. The zero-order chi connectivity index (χ0) is 19.1. The maximum absolute atomic E-state index is 5.39. The van der Waals surface area contributed by atoms with E-state index in [1.54, 1.807) is 13.4 Å². The van der Waals surface area contributed by atoms with Crippen LogP contribution in [0, 0.1) is 0 Å². The zero-order valence-corrected chi connectivity index (χ0v) is 16.1. The minimum Gasteiger partial charge on any atom is -0.496 e. The van der Waals surface area contributed by atoms with E-state index in [1.165, 1.54) is 11.1 Å². The first-order valence-electron chi connectivity index (χ1n) is 9.20. The second kappa shape index (κ2) is 9.03. The highest BCUT2D eigenvalue weighted by molar-refractivity contribution is 5.59. The molecule has 0 amide bonds. The van der Waals surface area contributed by atoms with Crippen LogP contribution in [0.3, 0.4) is 0 Å². The minimum absolute atomic E-state index is 0.525. The van der Waals surface area contributed by atoms with Gasteiger partial charge in [-0.2, -0.15) is 0 Å². The molecule has 2 N–H and O–H groups in total. The molecule has 2 aromatic carbocycles. The molecule has 140 valence electrons. The van der Waals surface area contributed by atoms with E-state index >= 15 is 0 Å². The molecule has 5 nitrogen and oxygen atoms in total. The predicted octanol–water partition coefficient (Wildman–Crippen LogP) is 5.01. The molecule has 1 aromatic heterocycles. The summed E-state index contributed by atoms with van der Waals surface area (Å²) in [4.78, 5) is 8.60. The van der Waals surface area contributed by atoms with Crippen molar-refractivity contribution in [1.29, 1.82) is 0 Å². The number of para-hydroxylation sites is 1. The fraction of sp³-hybridized carbons (Fsp3) is 0.273. The molecule has 0 aliphatic heterocycles. The molecule has 5 heteroatoms. The smallest absolute Gasteiger partial charge is 0.135 e. The summed E-state index contributed by atoms with van der Waals surface area (Å²) >= 11 is 0. The van der Waals surface area contributed by atoms with E-state index < -0.39 is 0 Å². The first-order chi connectivity index (χ1) is 13.2. The maximum atomic E-state index is 5.39. The molecule has 1 heterocycles. The van der Waals surface area contributed by atoms with Crippen molar-refractivity contribution in [2.24, 2.45) is 0 Å². The lowest BCUT2D eigenvalue weighted by molar-refractivity contribution is 0.410. The largest absolute Gasteiger partial charge is 0.496 e. The van der Waals surface area contributed by atoms with Crippen molar-refractivity contribution in [3.63, 3.8) is 0 Å². The fourth-order valence-electron chi connectivity index (χ4n) is 2.86. The molecule has 0 spiro atoms. The molecule has 0 aliphatic rings. The number of nitrogens with zero attached hydrogens (tertiary/aromatic N) is 2. The van der Waals surface area contributed by atoms with Crippen LogP contribution >= 0.6 is 0 Å². The second-order valence-electron chi connectivity index (χ2n) is 6.68. The molecule has 0 atom stereocenters. The van der Waals surface area contributed by atoms with Crippen molar-refractivity contribution < 1.29 is 4.74 Å². The van der Waals surface area contributed by atoms with Gasteiger partial charge in [-0.1, -0.05) is 44.2 Å². The first kappa shape index (κ1) is 18.7. The molecular weight excluding hydrogens is 336 g/mol. The number of hydrogen-bond donors (Lipinski definition) is 2. The van der Waals surface area contributed by atoms with Gasteiger partial charge in [0.25, 0.3) is 0 Å². The Hall–Kier alpha value is -3.08. The Kier molecular flexibility index (Phi) is 6.26. The quantitative estimate of drug-likeness (QED) is 0.590. The van der Waals surface area contributed by atoms with E-state index in [0.29, 0.717) is 5.92 Å². The Morgan fingerprint density at radius 2 is 1.70 bits per heavy atom. The van der Waals surface area contributed by atoms with Gasteiger partial charge < -0.3 is 15.4 Å². The Bertz CT molecular complexity index is 862. The van der Waals surface area contributed by atoms with Crippen molar-refractivity contribution in [2.45, 2.75) is 26.2 Å². The fourth-order valence-corrected chi connectivity index (χ4v) is 2.86. The highest BCUT2D eigenvalue weighted by Crippen LogP contribution is 2.21. The van der Waals surface area contributed by atoms with Gasteiger partial charge in [0.2, 0.25) is 0 Å². The van der Waals surface area contributed by atoms with Crippen LogP contribution in [0.2, 0.25) is 0 Å².